The number of thiophene rings is 1. The van der Waals surface area contributed by atoms with Crippen LogP contribution in [0.5, 0.6) is 0 Å². The van der Waals surface area contributed by atoms with Gasteiger partial charge in [0.2, 0.25) is 5.95 Å². The summed E-state index contributed by atoms with van der Waals surface area (Å²) in [5.74, 6) is 0.331. The van der Waals surface area contributed by atoms with Gasteiger partial charge in [0.05, 0.1) is 4.88 Å². The van der Waals surface area contributed by atoms with Crippen molar-refractivity contribution in [1.82, 2.24) is 19.7 Å². The number of aryl methyl sites for hydroxylation is 1. The number of nitrogens with zero attached hydrogens (tertiary/aromatic N) is 3. The first kappa shape index (κ1) is 17.1. The zero-order valence-electron chi connectivity index (χ0n) is 13.8. The molecule has 9 heteroatoms. The van der Waals surface area contributed by atoms with Gasteiger partial charge in [0, 0.05) is 24.9 Å². The Morgan fingerprint density at radius 3 is 2.96 bits per heavy atom. The molecule has 0 unspecified atom stereocenters. The van der Waals surface area contributed by atoms with Crippen molar-refractivity contribution < 1.29 is 9.53 Å². The summed E-state index contributed by atoms with van der Waals surface area (Å²) < 4.78 is 6.26. The molecule has 3 aromatic heterocycles. The summed E-state index contributed by atoms with van der Waals surface area (Å²) in [6.07, 6.45) is 0.612. The van der Waals surface area contributed by atoms with Gasteiger partial charge in [0.1, 0.15) is 18.1 Å². The number of amides is 1. The minimum absolute atomic E-state index is 0.0849. The number of H-pyrrole nitrogens is 1. The Hall–Kier alpha value is -2.78. The predicted molar refractivity (Wildman–Crippen MR) is 95.2 cm³/mol. The van der Waals surface area contributed by atoms with Crippen molar-refractivity contribution in [3.63, 3.8) is 0 Å². The number of aromatic nitrogens is 4. The third-order valence-electron chi connectivity index (χ3n) is 3.37. The summed E-state index contributed by atoms with van der Waals surface area (Å²) in [4.78, 5) is 31.8. The van der Waals surface area contributed by atoms with E-state index in [9.17, 15) is 9.59 Å². The molecule has 0 fully saturated rings. The molecule has 3 rings (SSSR count). The molecular formula is C16H17N5O3S. The lowest BCUT2D eigenvalue weighted by Crippen LogP contribution is -2.21. The van der Waals surface area contributed by atoms with Gasteiger partial charge in [0.25, 0.3) is 11.5 Å². The number of carbonyl (C=O) groups excluding carboxylic acids is 1. The summed E-state index contributed by atoms with van der Waals surface area (Å²) in [5, 5.41) is 9.16. The number of hydrogen-bond donors (Lipinski definition) is 2. The van der Waals surface area contributed by atoms with E-state index in [1.165, 1.54) is 29.2 Å². The Morgan fingerprint density at radius 1 is 1.44 bits per heavy atom. The second-order valence-electron chi connectivity index (χ2n) is 5.20. The van der Waals surface area contributed by atoms with E-state index in [1.54, 1.807) is 6.07 Å². The topological polar surface area (TPSA) is 102 Å². The monoisotopic (exact) mass is 359 g/mol. The Balaban J connectivity index is 2.08. The number of methoxy groups -OCH3 is 1. The van der Waals surface area contributed by atoms with E-state index in [4.69, 9.17) is 4.74 Å². The van der Waals surface area contributed by atoms with Crippen molar-refractivity contribution in [1.29, 1.82) is 0 Å². The third kappa shape index (κ3) is 3.83. The van der Waals surface area contributed by atoms with Crippen molar-refractivity contribution in [2.45, 2.75) is 13.3 Å². The molecule has 2 N–H and O–H groups in total. The van der Waals surface area contributed by atoms with Gasteiger partial charge in [-0.1, -0.05) is 13.0 Å². The van der Waals surface area contributed by atoms with E-state index < -0.39 is 0 Å². The Morgan fingerprint density at radius 2 is 2.28 bits per heavy atom. The molecule has 0 radical (unpaired) electrons. The van der Waals surface area contributed by atoms with Crippen LogP contribution in [0.1, 0.15) is 12.6 Å². The molecule has 130 valence electrons. The predicted octanol–water partition coefficient (Wildman–Crippen LogP) is 1.83. The Labute approximate surface area is 147 Å². The van der Waals surface area contributed by atoms with E-state index in [-0.39, 0.29) is 24.0 Å². The van der Waals surface area contributed by atoms with Crippen molar-refractivity contribution in [2.75, 3.05) is 19.0 Å². The Kier molecular flexibility index (Phi) is 5.05. The first-order valence-electron chi connectivity index (χ1n) is 7.64. The van der Waals surface area contributed by atoms with Crippen LogP contribution in [-0.2, 0) is 16.0 Å². The summed E-state index contributed by atoms with van der Waals surface area (Å²) in [5.41, 5.74) is 1.04. The van der Waals surface area contributed by atoms with Gasteiger partial charge < -0.3 is 10.1 Å². The largest absolute Gasteiger partial charge is 0.375 e. The molecule has 3 heterocycles. The van der Waals surface area contributed by atoms with Gasteiger partial charge in [-0.15, -0.1) is 11.3 Å². The van der Waals surface area contributed by atoms with Gasteiger partial charge in [-0.05, 0) is 17.9 Å². The number of ether oxygens (including phenoxy) is 1. The first-order chi connectivity index (χ1) is 12.1. The molecule has 0 bridgehead atoms. The minimum Gasteiger partial charge on any atom is -0.375 e. The van der Waals surface area contributed by atoms with Crippen LogP contribution >= 0.6 is 11.3 Å². The fraction of sp³-hybridized carbons (Fsp3) is 0.250. The van der Waals surface area contributed by atoms with E-state index in [1.807, 2.05) is 24.4 Å². The lowest BCUT2D eigenvalue weighted by Gasteiger charge is -2.08. The summed E-state index contributed by atoms with van der Waals surface area (Å²) in [7, 11) is 1.44. The highest BCUT2D eigenvalue weighted by atomic mass is 32.1. The number of nitrogens with one attached hydrogen (secondary N) is 2. The van der Waals surface area contributed by atoms with E-state index in [0.29, 0.717) is 23.6 Å². The first-order valence-corrected chi connectivity index (χ1v) is 8.52. The number of carbonyl (C=O) groups is 1. The second kappa shape index (κ2) is 7.41. The summed E-state index contributed by atoms with van der Waals surface area (Å²) in [6, 6.07) is 7.02. The molecule has 0 atom stereocenters. The fourth-order valence-corrected chi connectivity index (χ4v) is 2.94. The van der Waals surface area contributed by atoms with Crippen molar-refractivity contribution in [2.24, 2.45) is 0 Å². The summed E-state index contributed by atoms with van der Waals surface area (Å²) in [6.45, 7) is 1.82. The van der Waals surface area contributed by atoms with E-state index in [0.717, 1.165) is 4.88 Å². The molecular weight excluding hydrogens is 342 g/mol. The molecule has 8 nitrogen and oxygen atoms in total. The van der Waals surface area contributed by atoms with Crippen LogP contribution in [0.4, 0.5) is 5.82 Å². The number of aromatic amines is 1. The van der Waals surface area contributed by atoms with Crippen LogP contribution in [0.15, 0.2) is 34.4 Å². The quantitative estimate of drug-likeness (QED) is 0.699. The molecule has 0 aliphatic heterocycles. The standard InChI is InChI=1S/C16H17N5O3S/c1-3-10-7-14(22)19-16(17-10)21-13(18-15(23)9-24-2)8-11(20-21)12-5-4-6-25-12/h4-8H,3,9H2,1-2H3,(H,18,23)(H,17,19,22). The number of anilines is 1. The van der Waals surface area contributed by atoms with Crippen LogP contribution in [0.3, 0.4) is 0 Å². The van der Waals surface area contributed by atoms with Crippen LogP contribution in [-0.4, -0.2) is 39.4 Å². The van der Waals surface area contributed by atoms with Gasteiger partial charge in [-0.2, -0.15) is 9.78 Å². The highest BCUT2D eigenvalue weighted by molar-refractivity contribution is 7.13. The average molecular weight is 359 g/mol. The van der Waals surface area contributed by atoms with Gasteiger partial charge in [0.15, 0.2) is 0 Å². The van der Waals surface area contributed by atoms with E-state index >= 15 is 0 Å². The molecule has 0 aliphatic rings. The highest BCUT2D eigenvalue weighted by Gasteiger charge is 2.16. The molecule has 0 aliphatic carbocycles. The molecule has 0 saturated heterocycles. The van der Waals surface area contributed by atoms with Crippen LogP contribution < -0.4 is 10.9 Å². The maximum Gasteiger partial charge on any atom is 0.252 e. The number of hydrogen-bond acceptors (Lipinski definition) is 6. The molecule has 25 heavy (non-hydrogen) atoms. The minimum atomic E-state index is -0.324. The summed E-state index contributed by atoms with van der Waals surface area (Å²) >= 11 is 1.53. The smallest absolute Gasteiger partial charge is 0.252 e. The molecule has 0 aromatic carbocycles. The van der Waals surface area contributed by atoms with Crippen molar-refractivity contribution in [3.8, 4) is 16.5 Å². The van der Waals surface area contributed by atoms with Crippen molar-refractivity contribution >= 4 is 23.1 Å². The highest BCUT2D eigenvalue weighted by Crippen LogP contribution is 2.27. The van der Waals surface area contributed by atoms with Crippen LogP contribution in [0.25, 0.3) is 16.5 Å². The molecule has 0 saturated carbocycles. The zero-order chi connectivity index (χ0) is 17.8. The lowest BCUT2D eigenvalue weighted by atomic mass is 10.3. The maximum atomic E-state index is 11.9. The van der Waals surface area contributed by atoms with Gasteiger partial charge in [-0.3, -0.25) is 14.6 Å². The third-order valence-corrected chi connectivity index (χ3v) is 4.26. The average Bonchev–Trinajstić information content (AvgIpc) is 3.23. The lowest BCUT2D eigenvalue weighted by molar-refractivity contribution is -0.119. The SMILES string of the molecule is CCc1cc(=O)[nH]c(-n2nc(-c3cccs3)cc2NC(=O)COC)n1. The Bertz CT molecular complexity index is 930. The van der Waals surface area contributed by atoms with Gasteiger partial charge in [-0.25, -0.2) is 4.98 Å². The molecule has 3 aromatic rings. The van der Waals surface area contributed by atoms with Crippen molar-refractivity contribution in [3.05, 3.63) is 45.7 Å². The van der Waals surface area contributed by atoms with Crippen LogP contribution in [0.2, 0.25) is 0 Å². The van der Waals surface area contributed by atoms with E-state index in [2.05, 4.69) is 20.4 Å². The molecule has 0 spiro atoms. The van der Waals surface area contributed by atoms with Gasteiger partial charge >= 0.3 is 0 Å². The number of rotatable bonds is 6. The second-order valence-corrected chi connectivity index (χ2v) is 6.15. The zero-order valence-corrected chi connectivity index (χ0v) is 14.6. The molecule has 1 amide bonds. The normalized spacial score (nSPS) is 10.8. The maximum absolute atomic E-state index is 11.9. The van der Waals surface area contributed by atoms with Crippen LogP contribution in [0, 0.1) is 0 Å². The fourth-order valence-electron chi connectivity index (χ4n) is 2.26.